The topological polar surface area (TPSA) is 71.5 Å². The standard InChI is InChI=1S/C13H20BrN3O3S/c1-3-15-13-12(6-11(14)7-16-13)21(18,19)17-5-4-10(8-17)9-20-2/h6-7,10H,3-5,8-9H2,1-2H3,(H,15,16). The molecule has 1 unspecified atom stereocenters. The zero-order valence-electron chi connectivity index (χ0n) is 12.2. The summed E-state index contributed by atoms with van der Waals surface area (Å²) in [7, 11) is -1.90. The molecule has 1 aliphatic heterocycles. The van der Waals surface area contributed by atoms with Crippen molar-refractivity contribution < 1.29 is 13.2 Å². The van der Waals surface area contributed by atoms with Gasteiger partial charge in [0.2, 0.25) is 10.0 Å². The molecule has 118 valence electrons. The summed E-state index contributed by atoms with van der Waals surface area (Å²) in [5.41, 5.74) is 0. The molecular formula is C13H20BrN3O3S. The van der Waals surface area contributed by atoms with Gasteiger partial charge in [-0.05, 0) is 41.3 Å². The van der Waals surface area contributed by atoms with Crippen molar-refractivity contribution in [3.05, 3.63) is 16.7 Å². The minimum absolute atomic E-state index is 0.219. The summed E-state index contributed by atoms with van der Waals surface area (Å²) in [5, 5.41) is 3.01. The highest BCUT2D eigenvalue weighted by Gasteiger charge is 2.34. The molecule has 0 aliphatic carbocycles. The van der Waals surface area contributed by atoms with Crippen LogP contribution in [0.1, 0.15) is 13.3 Å². The monoisotopic (exact) mass is 377 g/mol. The third kappa shape index (κ3) is 3.74. The number of methoxy groups -OCH3 is 1. The van der Waals surface area contributed by atoms with Gasteiger partial charge < -0.3 is 10.1 Å². The molecule has 0 spiro atoms. The van der Waals surface area contributed by atoms with Gasteiger partial charge in [-0.1, -0.05) is 0 Å². The zero-order chi connectivity index (χ0) is 15.5. The van der Waals surface area contributed by atoms with E-state index in [2.05, 4.69) is 26.2 Å². The lowest BCUT2D eigenvalue weighted by Gasteiger charge is -2.19. The quantitative estimate of drug-likeness (QED) is 0.819. The van der Waals surface area contributed by atoms with E-state index in [1.54, 1.807) is 19.4 Å². The van der Waals surface area contributed by atoms with E-state index in [4.69, 9.17) is 4.74 Å². The first kappa shape index (κ1) is 16.7. The van der Waals surface area contributed by atoms with Crippen LogP contribution in [-0.2, 0) is 14.8 Å². The van der Waals surface area contributed by atoms with Crippen molar-refractivity contribution in [2.24, 2.45) is 5.92 Å². The number of sulfonamides is 1. The Morgan fingerprint density at radius 2 is 2.33 bits per heavy atom. The lowest BCUT2D eigenvalue weighted by atomic mass is 10.1. The van der Waals surface area contributed by atoms with Crippen molar-refractivity contribution >= 4 is 31.8 Å². The van der Waals surface area contributed by atoms with E-state index in [-0.39, 0.29) is 10.8 Å². The van der Waals surface area contributed by atoms with Crippen LogP contribution in [-0.4, -0.2) is 51.1 Å². The summed E-state index contributed by atoms with van der Waals surface area (Å²) in [5.74, 6) is 0.656. The van der Waals surface area contributed by atoms with Gasteiger partial charge >= 0.3 is 0 Å². The van der Waals surface area contributed by atoms with Crippen LogP contribution in [0.2, 0.25) is 0 Å². The molecule has 1 aromatic heterocycles. The first-order valence-corrected chi connectivity index (χ1v) is 9.10. The first-order chi connectivity index (χ1) is 9.98. The molecule has 0 saturated carbocycles. The molecule has 1 aliphatic rings. The molecule has 1 aromatic rings. The summed E-state index contributed by atoms with van der Waals surface area (Å²) in [4.78, 5) is 4.39. The Bertz CT molecular complexity index is 594. The van der Waals surface area contributed by atoms with Gasteiger partial charge in [-0.3, -0.25) is 0 Å². The minimum atomic E-state index is -3.54. The van der Waals surface area contributed by atoms with Crippen molar-refractivity contribution in [3.63, 3.8) is 0 Å². The Hall–Kier alpha value is -0.700. The fourth-order valence-electron chi connectivity index (χ4n) is 2.44. The summed E-state index contributed by atoms with van der Waals surface area (Å²) in [6.45, 7) is 4.12. The smallest absolute Gasteiger partial charge is 0.246 e. The number of rotatable bonds is 6. The predicted octanol–water partition coefficient (Wildman–Crippen LogP) is 1.93. The molecule has 0 amide bonds. The number of nitrogens with one attached hydrogen (secondary N) is 1. The van der Waals surface area contributed by atoms with E-state index in [1.165, 1.54) is 4.31 Å². The number of nitrogens with zero attached hydrogens (tertiary/aromatic N) is 2. The molecule has 0 radical (unpaired) electrons. The second kappa shape index (κ2) is 7.04. The maximum Gasteiger partial charge on any atom is 0.246 e. The van der Waals surface area contributed by atoms with E-state index in [1.807, 2.05) is 6.92 Å². The van der Waals surface area contributed by atoms with E-state index in [0.29, 0.717) is 36.5 Å². The average molecular weight is 378 g/mol. The normalized spacial score (nSPS) is 19.9. The second-order valence-electron chi connectivity index (χ2n) is 5.00. The zero-order valence-corrected chi connectivity index (χ0v) is 14.6. The maximum atomic E-state index is 12.8. The highest BCUT2D eigenvalue weighted by molar-refractivity contribution is 9.10. The molecule has 2 rings (SSSR count). The Morgan fingerprint density at radius 1 is 1.57 bits per heavy atom. The lowest BCUT2D eigenvalue weighted by molar-refractivity contribution is 0.157. The van der Waals surface area contributed by atoms with E-state index < -0.39 is 10.0 Å². The van der Waals surface area contributed by atoms with Gasteiger partial charge in [0, 0.05) is 37.4 Å². The van der Waals surface area contributed by atoms with Gasteiger partial charge in [0.1, 0.15) is 10.7 Å². The molecule has 8 heteroatoms. The second-order valence-corrected chi connectivity index (χ2v) is 7.83. The van der Waals surface area contributed by atoms with Crippen LogP contribution in [0.15, 0.2) is 21.6 Å². The van der Waals surface area contributed by atoms with E-state index >= 15 is 0 Å². The average Bonchev–Trinajstić information content (AvgIpc) is 2.91. The van der Waals surface area contributed by atoms with Gasteiger partial charge in [-0.2, -0.15) is 4.31 Å². The molecule has 0 aromatic carbocycles. The number of aromatic nitrogens is 1. The van der Waals surface area contributed by atoms with Crippen LogP contribution in [0.5, 0.6) is 0 Å². The molecule has 1 fully saturated rings. The van der Waals surface area contributed by atoms with E-state index in [9.17, 15) is 8.42 Å². The van der Waals surface area contributed by atoms with Crippen LogP contribution < -0.4 is 5.32 Å². The Balaban J connectivity index is 2.29. The van der Waals surface area contributed by atoms with Crippen molar-refractivity contribution in [2.75, 3.05) is 38.7 Å². The number of halogens is 1. The van der Waals surface area contributed by atoms with Crippen molar-refractivity contribution in [1.82, 2.24) is 9.29 Å². The fraction of sp³-hybridized carbons (Fsp3) is 0.615. The fourth-order valence-corrected chi connectivity index (χ4v) is 4.60. The van der Waals surface area contributed by atoms with Gasteiger partial charge in [-0.15, -0.1) is 0 Å². The minimum Gasteiger partial charge on any atom is -0.384 e. The summed E-state index contributed by atoms with van der Waals surface area (Å²) >= 11 is 3.29. The SMILES string of the molecule is CCNc1ncc(Br)cc1S(=O)(=O)N1CCC(COC)C1. The molecule has 6 nitrogen and oxygen atoms in total. The first-order valence-electron chi connectivity index (χ1n) is 6.87. The van der Waals surface area contributed by atoms with Gasteiger partial charge in [0.05, 0.1) is 6.61 Å². The number of hydrogen-bond acceptors (Lipinski definition) is 5. The Morgan fingerprint density at radius 3 is 3.00 bits per heavy atom. The number of ether oxygens (including phenoxy) is 1. The van der Waals surface area contributed by atoms with E-state index in [0.717, 1.165) is 6.42 Å². The van der Waals surface area contributed by atoms with Crippen LogP contribution in [0, 0.1) is 5.92 Å². The Labute approximate surface area is 134 Å². The predicted molar refractivity (Wildman–Crippen MR) is 84.8 cm³/mol. The molecule has 21 heavy (non-hydrogen) atoms. The third-order valence-corrected chi connectivity index (χ3v) is 5.74. The number of pyridine rings is 1. The molecule has 1 atom stereocenters. The molecule has 1 saturated heterocycles. The van der Waals surface area contributed by atoms with Crippen molar-refractivity contribution in [3.8, 4) is 0 Å². The summed E-state index contributed by atoms with van der Waals surface area (Å²) in [6, 6.07) is 1.60. The number of hydrogen-bond donors (Lipinski definition) is 1. The lowest BCUT2D eigenvalue weighted by Crippen LogP contribution is -2.30. The maximum absolute atomic E-state index is 12.8. The van der Waals surface area contributed by atoms with Crippen molar-refractivity contribution in [1.29, 1.82) is 0 Å². The van der Waals surface area contributed by atoms with Crippen LogP contribution in [0.3, 0.4) is 0 Å². The Kier molecular flexibility index (Phi) is 5.59. The highest BCUT2D eigenvalue weighted by atomic mass is 79.9. The summed E-state index contributed by atoms with van der Waals surface area (Å²) in [6.07, 6.45) is 2.42. The number of anilines is 1. The third-order valence-electron chi connectivity index (χ3n) is 3.43. The van der Waals surface area contributed by atoms with Gasteiger partial charge in [0.15, 0.2) is 0 Å². The van der Waals surface area contributed by atoms with Gasteiger partial charge in [-0.25, -0.2) is 13.4 Å². The summed E-state index contributed by atoms with van der Waals surface area (Å²) < 4.78 is 32.9. The van der Waals surface area contributed by atoms with Crippen LogP contribution >= 0.6 is 15.9 Å². The largest absolute Gasteiger partial charge is 0.384 e. The van der Waals surface area contributed by atoms with Crippen molar-refractivity contribution in [2.45, 2.75) is 18.2 Å². The molecule has 2 heterocycles. The van der Waals surface area contributed by atoms with Crippen LogP contribution in [0.4, 0.5) is 5.82 Å². The molecular weight excluding hydrogens is 358 g/mol. The molecule has 0 bridgehead atoms. The highest BCUT2D eigenvalue weighted by Crippen LogP contribution is 2.29. The molecule has 1 N–H and O–H groups in total. The van der Waals surface area contributed by atoms with Gasteiger partial charge in [0.25, 0.3) is 0 Å². The van der Waals surface area contributed by atoms with Crippen LogP contribution in [0.25, 0.3) is 0 Å².